The quantitative estimate of drug-likeness (QED) is 0.726. The van der Waals surface area contributed by atoms with E-state index in [1.54, 1.807) is 0 Å². The first-order chi connectivity index (χ1) is 11.0. The molecule has 0 spiro atoms. The molecule has 0 bridgehead atoms. The average Bonchev–Trinajstić information content (AvgIpc) is 3.02. The number of thiophene rings is 1. The van der Waals surface area contributed by atoms with Gasteiger partial charge >= 0.3 is 13.3 Å². The lowest BCUT2D eigenvalue weighted by molar-refractivity contribution is -0.137. The maximum atomic E-state index is 12.6. The van der Waals surface area contributed by atoms with Crippen LogP contribution >= 0.6 is 11.3 Å². The molecule has 2 heterocycles. The van der Waals surface area contributed by atoms with Crippen molar-refractivity contribution in [2.75, 3.05) is 0 Å². The van der Waals surface area contributed by atoms with Gasteiger partial charge in [0.15, 0.2) is 0 Å². The smallest absolute Gasteiger partial charge is 0.399 e. The molecule has 0 radical (unpaired) electrons. The highest BCUT2D eigenvalue weighted by atomic mass is 32.1. The number of halogens is 3. The van der Waals surface area contributed by atoms with Gasteiger partial charge in [0.05, 0.1) is 16.8 Å². The fourth-order valence-corrected chi connectivity index (χ4v) is 3.39. The minimum absolute atomic E-state index is 0.420. The minimum atomic E-state index is -4.32. The molecule has 2 aromatic rings. The second-order valence-corrected chi connectivity index (χ2v) is 7.98. The van der Waals surface area contributed by atoms with Gasteiger partial charge in [-0.05, 0) is 51.5 Å². The Balaban J connectivity index is 1.82. The van der Waals surface area contributed by atoms with E-state index in [9.17, 15) is 13.2 Å². The summed E-state index contributed by atoms with van der Waals surface area (Å²) in [7, 11) is -0.455. The van der Waals surface area contributed by atoms with Gasteiger partial charge in [-0.3, -0.25) is 0 Å². The molecule has 2 nitrogen and oxygen atoms in total. The molecular formula is C17H18BF3O2S. The van der Waals surface area contributed by atoms with E-state index in [0.717, 1.165) is 27.3 Å². The van der Waals surface area contributed by atoms with Crippen molar-refractivity contribution in [2.45, 2.75) is 45.1 Å². The van der Waals surface area contributed by atoms with Crippen molar-refractivity contribution in [3.8, 4) is 10.4 Å². The van der Waals surface area contributed by atoms with E-state index in [-0.39, 0.29) is 0 Å². The Kier molecular flexibility index (Phi) is 4.09. The van der Waals surface area contributed by atoms with Crippen molar-refractivity contribution in [3.05, 3.63) is 42.0 Å². The van der Waals surface area contributed by atoms with Gasteiger partial charge in [0.2, 0.25) is 0 Å². The maximum absolute atomic E-state index is 12.6. The molecule has 0 amide bonds. The fourth-order valence-electron chi connectivity index (χ4n) is 2.42. The number of hydrogen-bond acceptors (Lipinski definition) is 3. The van der Waals surface area contributed by atoms with Crippen LogP contribution < -0.4 is 4.78 Å². The van der Waals surface area contributed by atoms with Gasteiger partial charge in [-0.15, -0.1) is 11.3 Å². The van der Waals surface area contributed by atoms with Gasteiger partial charge < -0.3 is 9.31 Å². The summed E-state index contributed by atoms with van der Waals surface area (Å²) < 4.78 is 50.8. The summed E-state index contributed by atoms with van der Waals surface area (Å²) in [6, 6.07) is 8.96. The molecule has 0 atom stereocenters. The molecule has 3 rings (SSSR count). The first kappa shape index (κ1) is 17.5. The molecule has 128 valence electrons. The topological polar surface area (TPSA) is 18.5 Å². The summed E-state index contributed by atoms with van der Waals surface area (Å²) in [6.45, 7) is 7.93. The summed E-state index contributed by atoms with van der Waals surface area (Å²) in [5.74, 6) is 0. The van der Waals surface area contributed by atoms with Crippen LogP contribution in [0.3, 0.4) is 0 Å². The van der Waals surface area contributed by atoms with Gasteiger partial charge in [0, 0.05) is 9.65 Å². The third-order valence-corrected chi connectivity index (χ3v) is 5.77. The molecule has 7 heteroatoms. The SMILES string of the molecule is CC1(C)OB(c2ccc(-c3ccc(C(F)(F)F)cc3)s2)OC1(C)C. The van der Waals surface area contributed by atoms with Gasteiger partial charge in [-0.25, -0.2) is 0 Å². The third-order valence-electron chi connectivity index (χ3n) is 4.61. The lowest BCUT2D eigenvalue weighted by atomic mass is 9.88. The number of rotatable bonds is 2. The van der Waals surface area contributed by atoms with Crippen molar-refractivity contribution in [1.82, 2.24) is 0 Å². The lowest BCUT2D eigenvalue weighted by Gasteiger charge is -2.32. The molecule has 1 aliphatic rings. The Bertz CT molecular complexity index is 719. The summed E-state index contributed by atoms with van der Waals surface area (Å²) in [5, 5.41) is 0. The van der Waals surface area contributed by atoms with Crippen LogP contribution in [0.5, 0.6) is 0 Å². The van der Waals surface area contributed by atoms with Crippen molar-refractivity contribution in [1.29, 1.82) is 0 Å². The van der Waals surface area contributed by atoms with E-state index in [1.807, 2.05) is 39.8 Å². The minimum Gasteiger partial charge on any atom is -0.399 e. The van der Waals surface area contributed by atoms with E-state index in [1.165, 1.54) is 23.5 Å². The largest absolute Gasteiger partial charge is 0.505 e. The van der Waals surface area contributed by atoms with Crippen LogP contribution in [-0.4, -0.2) is 18.3 Å². The Morgan fingerprint density at radius 1 is 0.875 bits per heavy atom. The summed E-state index contributed by atoms with van der Waals surface area (Å²) >= 11 is 1.47. The first-order valence-electron chi connectivity index (χ1n) is 7.63. The molecule has 1 aromatic carbocycles. The summed E-state index contributed by atoms with van der Waals surface area (Å²) in [4.78, 5) is 0.883. The molecule has 1 aromatic heterocycles. The second kappa shape index (κ2) is 5.61. The average molecular weight is 354 g/mol. The molecule has 1 fully saturated rings. The van der Waals surface area contributed by atoms with Gasteiger partial charge in [0.25, 0.3) is 0 Å². The normalized spacial score (nSPS) is 19.7. The zero-order valence-corrected chi connectivity index (χ0v) is 14.7. The van der Waals surface area contributed by atoms with Crippen molar-refractivity contribution >= 4 is 23.2 Å². The third kappa shape index (κ3) is 3.12. The number of alkyl halides is 3. The van der Waals surface area contributed by atoms with Crippen LogP contribution in [0, 0.1) is 0 Å². The molecule has 0 unspecified atom stereocenters. The van der Waals surface area contributed by atoms with Crippen LogP contribution in [0.15, 0.2) is 36.4 Å². The summed E-state index contributed by atoms with van der Waals surface area (Å²) in [6.07, 6.45) is -4.32. The van der Waals surface area contributed by atoms with Crippen LogP contribution in [0.2, 0.25) is 0 Å². The predicted molar refractivity (Wildman–Crippen MR) is 90.5 cm³/mol. The molecular weight excluding hydrogens is 336 g/mol. The Morgan fingerprint density at radius 3 is 1.92 bits per heavy atom. The van der Waals surface area contributed by atoms with Crippen molar-refractivity contribution in [3.63, 3.8) is 0 Å². The first-order valence-corrected chi connectivity index (χ1v) is 8.44. The van der Waals surface area contributed by atoms with Gasteiger partial charge in [0.1, 0.15) is 0 Å². The Labute approximate surface area is 143 Å². The van der Waals surface area contributed by atoms with Crippen LogP contribution in [0.25, 0.3) is 10.4 Å². The number of hydrogen-bond donors (Lipinski definition) is 0. The van der Waals surface area contributed by atoms with E-state index in [0.29, 0.717) is 0 Å². The van der Waals surface area contributed by atoms with E-state index in [4.69, 9.17) is 9.31 Å². The van der Waals surface area contributed by atoms with E-state index < -0.39 is 30.1 Å². The summed E-state index contributed by atoms with van der Waals surface area (Å²) in [5.41, 5.74) is -0.739. The molecule has 1 saturated heterocycles. The van der Waals surface area contributed by atoms with Crippen molar-refractivity contribution < 1.29 is 22.5 Å². The Hall–Kier alpha value is -1.31. The van der Waals surface area contributed by atoms with E-state index in [2.05, 4.69) is 0 Å². The van der Waals surface area contributed by atoms with Gasteiger partial charge in [-0.2, -0.15) is 13.2 Å². The molecule has 24 heavy (non-hydrogen) atoms. The highest BCUT2D eigenvalue weighted by molar-refractivity contribution is 7.25. The molecule has 0 N–H and O–H groups in total. The van der Waals surface area contributed by atoms with Crippen molar-refractivity contribution in [2.24, 2.45) is 0 Å². The highest BCUT2D eigenvalue weighted by Crippen LogP contribution is 2.38. The number of benzene rings is 1. The van der Waals surface area contributed by atoms with Crippen LogP contribution in [0.4, 0.5) is 13.2 Å². The standard InChI is InChI=1S/C17H18BF3O2S/c1-15(2)16(3,4)23-18(22-15)14-10-9-13(24-14)11-5-7-12(8-6-11)17(19,20)21/h5-10H,1-4H3. The molecule has 0 saturated carbocycles. The van der Waals surface area contributed by atoms with E-state index >= 15 is 0 Å². The maximum Gasteiger partial charge on any atom is 0.505 e. The zero-order chi connectivity index (χ0) is 17.8. The van der Waals surface area contributed by atoms with Crippen LogP contribution in [-0.2, 0) is 15.5 Å². The van der Waals surface area contributed by atoms with Crippen LogP contribution in [0.1, 0.15) is 33.3 Å². The monoisotopic (exact) mass is 354 g/mol. The predicted octanol–water partition coefficient (Wildman–Crippen LogP) is 4.73. The molecule has 1 aliphatic heterocycles. The van der Waals surface area contributed by atoms with Gasteiger partial charge in [-0.1, -0.05) is 18.2 Å². The lowest BCUT2D eigenvalue weighted by Crippen LogP contribution is -2.41. The Morgan fingerprint density at radius 2 is 1.42 bits per heavy atom. The zero-order valence-electron chi connectivity index (χ0n) is 13.9. The second-order valence-electron chi connectivity index (χ2n) is 6.87. The highest BCUT2D eigenvalue weighted by Gasteiger charge is 2.52. The molecule has 0 aliphatic carbocycles. The fraction of sp³-hybridized carbons (Fsp3) is 0.412.